The van der Waals surface area contributed by atoms with Gasteiger partial charge in [0, 0.05) is 16.1 Å². The zero-order valence-electron chi connectivity index (χ0n) is 12.1. The molecule has 0 saturated heterocycles. The Morgan fingerprint density at radius 3 is 2.50 bits per heavy atom. The number of halogens is 1. The van der Waals surface area contributed by atoms with E-state index in [2.05, 4.69) is 48.0 Å². The molecule has 0 fully saturated rings. The fourth-order valence-corrected chi connectivity index (χ4v) is 2.43. The molecule has 20 heavy (non-hydrogen) atoms. The van der Waals surface area contributed by atoms with Crippen molar-refractivity contribution >= 4 is 26.7 Å². The van der Waals surface area contributed by atoms with Gasteiger partial charge in [-0.1, -0.05) is 47.1 Å². The van der Waals surface area contributed by atoms with Gasteiger partial charge in [0.25, 0.3) is 0 Å². The second-order valence-corrected chi connectivity index (χ2v) is 5.60. The van der Waals surface area contributed by atoms with Crippen molar-refractivity contribution in [3.63, 3.8) is 0 Å². The van der Waals surface area contributed by atoms with E-state index in [1.54, 1.807) is 0 Å². The molecule has 0 radical (unpaired) electrons. The van der Waals surface area contributed by atoms with Crippen LogP contribution in [0.1, 0.15) is 25.3 Å². The summed E-state index contributed by atoms with van der Waals surface area (Å²) in [7, 11) is 0. The number of hydrogen-bond acceptors (Lipinski definition) is 2. The van der Waals surface area contributed by atoms with Crippen LogP contribution in [0.15, 0.2) is 30.3 Å². The van der Waals surface area contributed by atoms with E-state index in [1.807, 2.05) is 12.1 Å². The average Bonchev–Trinajstić information content (AvgIpc) is 2.47. The lowest BCUT2D eigenvalue weighted by Gasteiger charge is -2.15. The van der Waals surface area contributed by atoms with Gasteiger partial charge in [-0.25, -0.2) is 0 Å². The Hall–Kier alpha value is -1.22. The van der Waals surface area contributed by atoms with Crippen LogP contribution in [-0.2, 0) is 0 Å². The lowest BCUT2D eigenvalue weighted by atomic mass is 10.0. The van der Waals surface area contributed by atoms with Crippen molar-refractivity contribution in [2.24, 2.45) is 0 Å². The maximum atomic E-state index is 5.92. The third-order valence-electron chi connectivity index (χ3n) is 3.13. The summed E-state index contributed by atoms with van der Waals surface area (Å²) in [6.45, 7) is 5.67. The molecule has 2 nitrogen and oxygen atoms in total. The molecule has 0 bridgehead atoms. The molecule has 3 heteroatoms. The molecule has 0 aliphatic carbocycles. The largest absolute Gasteiger partial charge is 0.493 e. The zero-order chi connectivity index (χ0) is 14.4. The van der Waals surface area contributed by atoms with Gasteiger partial charge in [0.05, 0.1) is 13.2 Å². The van der Waals surface area contributed by atoms with Gasteiger partial charge in [-0.15, -0.1) is 0 Å². The summed E-state index contributed by atoms with van der Waals surface area (Å²) in [6.07, 6.45) is 2.01. The van der Waals surface area contributed by atoms with Gasteiger partial charge in [-0.3, -0.25) is 0 Å². The van der Waals surface area contributed by atoms with Crippen LogP contribution in [0.5, 0.6) is 11.5 Å². The van der Waals surface area contributed by atoms with E-state index in [0.717, 1.165) is 59.2 Å². The van der Waals surface area contributed by atoms with Crippen molar-refractivity contribution < 1.29 is 9.47 Å². The molecule has 0 aromatic heterocycles. The SMILES string of the molecule is CCCOc1c(C)cc(OCCCBr)c2ccccc12. The summed E-state index contributed by atoms with van der Waals surface area (Å²) in [4.78, 5) is 0. The molecule has 0 unspecified atom stereocenters. The lowest BCUT2D eigenvalue weighted by molar-refractivity contribution is 0.313. The predicted molar refractivity (Wildman–Crippen MR) is 88.4 cm³/mol. The molecule has 2 rings (SSSR count). The highest BCUT2D eigenvalue weighted by atomic mass is 79.9. The number of aryl methyl sites for hydroxylation is 1. The van der Waals surface area contributed by atoms with E-state index < -0.39 is 0 Å². The fraction of sp³-hybridized carbons (Fsp3) is 0.412. The first kappa shape index (κ1) is 15.2. The van der Waals surface area contributed by atoms with Gasteiger partial charge in [0.2, 0.25) is 0 Å². The number of ether oxygens (including phenoxy) is 2. The number of hydrogen-bond donors (Lipinski definition) is 0. The van der Waals surface area contributed by atoms with Crippen molar-refractivity contribution in [3.8, 4) is 11.5 Å². The van der Waals surface area contributed by atoms with Gasteiger partial charge in [-0.2, -0.15) is 0 Å². The maximum absolute atomic E-state index is 5.92. The third kappa shape index (κ3) is 3.45. The minimum Gasteiger partial charge on any atom is -0.493 e. The Morgan fingerprint density at radius 2 is 1.80 bits per heavy atom. The molecule has 0 aliphatic rings. The van der Waals surface area contributed by atoms with Crippen LogP contribution >= 0.6 is 15.9 Å². The monoisotopic (exact) mass is 336 g/mol. The summed E-state index contributed by atoms with van der Waals surface area (Å²) in [5.41, 5.74) is 1.13. The first-order chi connectivity index (χ1) is 9.77. The summed E-state index contributed by atoms with van der Waals surface area (Å²) in [6, 6.07) is 10.4. The molecule has 0 N–H and O–H groups in total. The molecule has 2 aromatic carbocycles. The second kappa shape index (κ2) is 7.53. The van der Waals surface area contributed by atoms with Crippen LogP contribution in [0.25, 0.3) is 10.8 Å². The average molecular weight is 337 g/mol. The Balaban J connectivity index is 2.40. The fourth-order valence-electron chi connectivity index (χ4n) is 2.20. The molecule has 108 valence electrons. The van der Waals surface area contributed by atoms with E-state index in [0.29, 0.717) is 0 Å². The van der Waals surface area contributed by atoms with Crippen molar-refractivity contribution in [2.45, 2.75) is 26.7 Å². The minimum absolute atomic E-state index is 0.726. The van der Waals surface area contributed by atoms with E-state index >= 15 is 0 Å². The van der Waals surface area contributed by atoms with Crippen LogP contribution < -0.4 is 9.47 Å². The van der Waals surface area contributed by atoms with Crippen LogP contribution in [0.4, 0.5) is 0 Å². The van der Waals surface area contributed by atoms with Gasteiger partial charge < -0.3 is 9.47 Å². The van der Waals surface area contributed by atoms with Crippen molar-refractivity contribution in [2.75, 3.05) is 18.5 Å². The van der Waals surface area contributed by atoms with Gasteiger partial charge in [0.1, 0.15) is 11.5 Å². The van der Waals surface area contributed by atoms with Crippen LogP contribution in [0.3, 0.4) is 0 Å². The molecule has 0 atom stereocenters. The van der Waals surface area contributed by atoms with Crippen molar-refractivity contribution in [1.82, 2.24) is 0 Å². The van der Waals surface area contributed by atoms with Crippen molar-refractivity contribution in [3.05, 3.63) is 35.9 Å². The lowest BCUT2D eigenvalue weighted by Crippen LogP contribution is -2.02. The Morgan fingerprint density at radius 1 is 1.05 bits per heavy atom. The predicted octanol–water partition coefficient (Wildman–Crippen LogP) is 5.10. The molecular formula is C17H21BrO2. The Kier molecular flexibility index (Phi) is 5.72. The summed E-state index contributed by atoms with van der Waals surface area (Å²) in [5, 5.41) is 3.22. The number of rotatable bonds is 7. The number of fused-ring (bicyclic) bond motifs is 1. The van der Waals surface area contributed by atoms with Gasteiger partial charge in [-0.05, 0) is 31.4 Å². The summed E-state index contributed by atoms with van der Waals surface area (Å²) < 4.78 is 11.8. The molecule has 0 heterocycles. The summed E-state index contributed by atoms with van der Waals surface area (Å²) in [5.74, 6) is 1.93. The smallest absolute Gasteiger partial charge is 0.130 e. The highest BCUT2D eigenvalue weighted by Crippen LogP contribution is 2.36. The van der Waals surface area contributed by atoms with E-state index in [4.69, 9.17) is 9.47 Å². The summed E-state index contributed by atoms with van der Waals surface area (Å²) >= 11 is 3.43. The van der Waals surface area contributed by atoms with Gasteiger partial charge >= 0.3 is 0 Å². The van der Waals surface area contributed by atoms with E-state index in [-0.39, 0.29) is 0 Å². The minimum atomic E-state index is 0.726. The first-order valence-electron chi connectivity index (χ1n) is 7.11. The molecule has 2 aromatic rings. The first-order valence-corrected chi connectivity index (χ1v) is 8.24. The molecule has 0 amide bonds. The molecule has 0 saturated carbocycles. The van der Waals surface area contributed by atoms with Gasteiger partial charge in [0.15, 0.2) is 0 Å². The molecule has 0 aliphatic heterocycles. The van der Waals surface area contributed by atoms with Crippen LogP contribution in [0, 0.1) is 6.92 Å². The Bertz CT molecular complexity index is 566. The highest BCUT2D eigenvalue weighted by Gasteiger charge is 2.11. The zero-order valence-corrected chi connectivity index (χ0v) is 13.7. The third-order valence-corrected chi connectivity index (χ3v) is 3.69. The normalized spacial score (nSPS) is 10.8. The quantitative estimate of drug-likeness (QED) is 0.517. The Labute approximate surface area is 129 Å². The standard InChI is InChI=1S/C17H21BrO2/c1-3-10-20-17-13(2)12-16(19-11-6-9-18)14-7-4-5-8-15(14)17/h4-5,7-8,12H,3,6,9-11H2,1-2H3. The van der Waals surface area contributed by atoms with E-state index in [1.165, 1.54) is 0 Å². The number of alkyl halides is 1. The van der Waals surface area contributed by atoms with Crippen molar-refractivity contribution in [1.29, 1.82) is 0 Å². The number of benzene rings is 2. The second-order valence-electron chi connectivity index (χ2n) is 4.81. The highest BCUT2D eigenvalue weighted by molar-refractivity contribution is 9.09. The van der Waals surface area contributed by atoms with Crippen LogP contribution in [-0.4, -0.2) is 18.5 Å². The topological polar surface area (TPSA) is 18.5 Å². The van der Waals surface area contributed by atoms with E-state index in [9.17, 15) is 0 Å². The van der Waals surface area contributed by atoms with Crippen LogP contribution in [0.2, 0.25) is 0 Å². The maximum Gasteiger partial charge on any atom is 0.130 e. The molecular weight excluding hydrogens is 316 g/mol. The molecule has 0 spiro atoms.